The summed E-state index contributed by atoms with van der Waals surface area (Å²) in [6, 6.07) is 15.5. The zero-order valence-electron chi connectivity index (χ0n) is 18.6. The van der Waals surface area contributed by atoms with E-state index in [4.69, 9.17) is 4.74 Å². The van der Waals surface area contributed by atoms with Crippen molar-refractivity contribution >= 4 is 17.7 Å². The number of carbonyl (C=O) groups excluding carboxylic acids is 3. The molecule has 5 heteroatoms. The number of likely N-dealkylation sites (tertiary alicyclic amines) is 1. The van der Waals surface area contributed by atoms with Crippen LogP contribution in [0.4, 0.5) is 0 Å². The van der Waals surface area contributed by atoms with E-state index in [1.54, 1.807) is 11.8 Å². The van der Waals surface area contributed by atoms with Gasteiger partial charge in [0, 0.05) is 25.6 Å². The molecule has 1 aliphatic rings. The van der Waals surface area contributed by atoms with Crippen LogP contribution in [0.1, 0.15) is 60.7 Å². The summed E-state index contributed by atoms with van der Waals surface area (Å²) in [5.41, 5.74) is 2.72. The van der Waals surface area contributed by atoms with Crippen molar-refractivity contribution in [2.75, 3.05) is 19.7 Å². The maximum Gasteiger partial charge on any atom is 0.317 e. The van der Waals surface area contributed by atoms with Gasteiger partial charge in [0.15, 0.2) is 6.61 Å². The van der Waals surface area contributed by atoms with Crippen molar-refractivity contribution in [1.29, 1.82) is 0 Å². The molecule has 0 atom stereocenters. The van der Waals surface area contributed by atoms with Crippen molar-refractivity contribution in [3.8, 4) is 0 Å². The monoisotopic (exact) mass is 421 g/mol. The first-order chi connectivity index (χ1) is 14.9. The molecule has 5 nitrogen and oxygen atoms in total. The molecule has 164 valence electrons. The summed E-state index contributed by atoms with van der Waals surface area (Å²) in [6.07, 6.45) is 2.55. The van der Waals surface area contributed by atoms with E-state index in [9.17, 15) is 14.4 Å². The van der Waals surface area contributed by atoms with Gasteiger partial charge in [-0.2, -0.15) is 0 Å². The molecule has 0 aliphatic carbocycles. The third-order valence-corrected chi connectivity index (χ3v) is 6.38. The van der Waals surface area contributed by atoms with Gasteiger partial charge in [0.2, 0.25) is 11.7 Å². The normalized spacial score (nSPS) is 15.4. The molecule has 0 N–H and O–H groups in total. The molecule has 2 aromatic carbocycles. The summed E-state index contributed by atoms with van der Waals surface area (Å²) in [5, 5.41) is 0. The first kappa shape index (κ1) is 22.7. The Morgan fingerprint density at radius 2 is 1.65 bits per heavy atom. The number of ether oxygens (including phenoxy) is 1. The van der Waals surface area contributed by atoms with E-state index in [1.165, 1.54) is 0 Å². The van der Waals surface area contributed by atoms with Gasteiger partial charge in [0.05, 0.1) is 5.41 Å². The van der Waals surface area contributed by atoms with Gasteiger partial charge in [-0.1, -0.05) is 56.3 Å². The first-order valence-electron chi connectivity index (χ1n) is 11.0. The minimum Gasteiger partial charge on any atom is -0.457 e. The smallest absolute Gasteiger partial charge is 0.317 e. The van der Waals surface area contributed by atoms with Crippen molar-refractivity contribution in [3.63, 3.8) is 0 Å². The lowest BCUT2D eigenvalue weighted by Crippen LogP contribution is -2.49. The summed E-state index contributed by atoms with van der Waals surface area (Å²) >= 11 is 0. The fraction of sp³-hybridized carbons (Fsp3) is 0.423. The highest BCUT2D eigenvalue weighted by molar-refractivity contribution is 6.00. The molecule has 1 aliphatic heterocycles. The number of aryl methyl sites for hydroxylation is 2. The Balaban J connectivity index is 1.79. The molecule has 1 heterocycles. The van der Waals surface area contributed by atoms with Crippen LogP contribution in [0.3, 0.4) is 0 Å². The van der Waals surface area contributed by atoms with Crippen molar-refractivity contribution in [2.24, 2.45) is 0 Å². The van der Waals surface area contributed by atoms with Crippen molar-refractivity contribution < 1.29 is 19.1 Å². The van der Waals surface area contributed by atoms with Crippen LogP contribution in [0.25, 0.3) is 0 Å². The number of esters is 1. The van der Waals surface area contributed by atoms with Gasteiger partial charge < -0.3 is 9.64 Å². The van der Waals surface area contributed by atoms with Crippen molar-refractivity contribution in [2.45, 2.75) is 51.9 Å². The maximum atomic E-state index is 13.3. The Morgan fingerprint density at radius 1 is 0.968 bits per heavy atom. The maximum absolute atomic E-state index is 13.3. The molecule has 1 saturated heterocycles. The molecular formula is C26H31NO4. The van der Waals surface area contributed by atoms with Gasteiger partial charge in [-0.25, -0.2) is 0 Å². The number of nitrogens with zero attached hydrogens (tertiary/aromatic N) is 1. The number of Topliss-reactive ketones (excluding diaryl/α,β-unsaturated/α-hetero) is 1. The number of benzene rings is 2. The number of hydrogen-bond acceptors (Lipinski definition) is 4. The molecule has 0 aromatic heterocycles. The van der Waals surface area contributed by atoms with Crippen LogP contribution >= 0.6 is 0 Å². The molecule has 0 unspecified atom stereocenters. The highest BCUT2D eigenvalue weighted by Gasteiger charge is 2.45. The summed E-state index contributed by atoms with van der Waals surface area (Å²) < 4.78 is 5.63. The van der Waals surface area contributed by atoms with Gasteiger partial charge in [0.25, 0.3) is 0 Å². The molecular weight excluding hydrogens is 390 g/mol. The topological polar surface area (TPSA) is 63.7 Å². The fourth-order valence-corrected chi connectivity index (χ4v) is 4.33. The van der Waals surface area contributed by atoms with Gasteiger partial charge in [0.1, 0.15) is 0 Å². The number of amides is 1. The van der Waals surface area contributed by atoms with E-state index in [1.807, 2.05) is 62.4 Å². The lowest BCUT2D eigenvalue weighted by molar-refractivity contribution is -0.153. The van der Waals surface area contributed by atoms with Gasteiger partial charge in [-0.05, 0) is 48.4 Å². The molecule has 2 aromatic rings. The minimum absolute atomic E-state index is 0.00751. The van der Waals surface area contributed by atoms with Gasteiger partial charge >= 0.3 is 5.97 Å². The average Bonchev–Trinajstić information content (AvgIpc) is 2.82. The van der Waals surface area contributed by atoms with Crippen LogP contribution in [0, 0.1) is 0 Å². The molecule has 31 heavy (non-hydrogen) atoms. The van der Waals surface area contributed by atoms with Crippen molar-refractivity contribution in [1.82, 2.24) is 4.90 Å². The fourth-order valence-electron chi connectivity index (χ4n) is 4.33. The summed E-state index contributed by atoms with van der Waals surface area (Å²) in [7, 11) is 0. The second-order valence-electron chi connectivity index (χ2n) is 8.15. The van der Waals surface area contributed by atoms with E-state index in [-0.39, 0.29) is 24.3 Å². The van der Waals surface area contributed by atoms with Crippen LogP contribution < -0.4 is 0 Å². The highest BCUT2D eigenvalue weighted by Crippen LogP contribution is 2.37. The second-order valence-corrected chi connectivity index (χ2v) is 8.15. The number of hydrogen-bond donors (Lipinski definition) is 0. The Morgan fingerprint density at radius 3 is 2.23 bits per heavy atom. The van der Waals surface area contributed by atoms with Crippen LogP contribution in [0.15, 0.2) is 48.5 Å². The van der Waals surface area contributed by atoms with Crippen molar-refractivity contribution in [3.05, 3.63) is 70.8 Å². The molecule has 0 bridgehead atoms. The van der Waals surface area contributed by atoms with Crippen LogP contribution in [-0.2, 0) is 32.6 Å². The van der Waals surface area contributed by atoms with Gasteiger partial charge in [-0.3, -0.25) is 14.4 Å². The molecule has 1 fully saturated rings. The quantitative estimate of drug-likeness (QED) is 0.498. The zero-order chi connectivity index (χ0) is 22.4. The zero-order valence-corrected chi connectivity index (χ0v) is 18.6. The van der Waals surface area contributed by atoms with Gasteiger partial charge in [-0.15, -0.1) is 0 Å². The van der Waals surface area contributed by atoms with Crippen LogP contribution in [-0.4, -0.2) is 42.3 Å². The molecule has 3 rings (SSSR count). The van der Waals surface area contributed by atoms with E-state index in [2.05, 4.69) is 0 Å². The van der Waals surface area contributed by atoms with Crippen LogP contribution in [0.5, 0.6) is 0 Å². The van der Waals surface area contributed by atoms with Crippen LogP contribution in [0.2, 0.25) is 0 Å². The molecule has 0 spiro atoms. The minimum atomic E-state index is -0.841. The number of ketones is 1. The third kappa shape index (κ3) is 4.87. The Labute approximate surface area is 184 Å². The average molecular weight is 422 g/mol. The van der Waals surface area contributed by atoms with E-state index in [0.717, 1.165) is 29.5 Å². The Bertz CT molecular complexity index is 943. The van der Waals surface area contributed by atoms with E-state index < -0.39 is 5.41 Å². The predicted molar refractivity (Wildman–Crippen MR) is 120 cm³/mol. The molecule has 1 amide bonds. The Kier molecular flexibility index (Phi) is 7.26. The third-order valence-electron chi connectivity index (χ3n) is 6.38. The number of piperidine rings is 1. The first-order valence-corrected chi connectivity index (χ1v) is 11.0. The summed E-state index contributed by atoms with van der Waals surface area (Å²) in [6.45, 7) is 6.31. The lowest BCUT2D eigenvalue weighted by atomic mass is 9.72. The lowest BCUT2D eigenvalue weighted by Gasteiger charge is -2.40. The standard InChI is InChI=1S/C26H31NO4/c1-4-20-11-12-21(5-2)23(17-20)24(29)18-31-25(30)26(22-9-7-6-8-10-22)13-15-27(16-14-26)19(3)28/h6-12,17H,4-5,13-16,18H2,1-3H3. The largest absolute Gasteiger partial charge is 0.457 e. The number of rotatable bonds is 7. The second kappa shape index (κ2) is 9.90. The number of carbonyl (C=O) groups is 3. The summed E-state index contributed by atoms with van der Waals surface area (Å²) in [4.78, 5) is 39.8. The highest BCUT2D eigenvalue weighted by atomic mass is 16.5. The van der Waals surface area contributed by atoms with E-state index >= 15 is 0 Å². The summed E-state index contributed by atoms with van der Waals surface area (Å²) in [5.74, 6) is -0.557. The molecule has 0 saturated carbocycles. The predicted octanol–water partition coefficient (Wildman–Crippen LogP) is 4.12. The Hall–Kier alpha value is -2.95. The SMILES string of the molecule is CCc1ccc(CC)c(C(=O)COC(=O)C2(c3ccccc3)CCN(C(C)=O)CC2)c1. The molecule has 0 radical (unpaired) electrons. The van der Waals surface area contributed by atoms with E-state index in [0.29, 0.717) is 31.5 Å².